The Balaban J connectivity index is 1.78. The lowest BCUT2D eigenvalue weighted by atomic mass is 10.1. The van der Waals surface area contributed by atoms with Crippen molar-refractivity contribution in [3.05, 3.63) is 17.6 Å². The maximum Gasteiger partial charge on any atom is 0.307 e. The van der Waals surface area contributed by atoms with E-state index in [1.165, 1.54) is 5.56 Å². The molecule has 0 spiro atoms. The number of anilines is 1. The molecule has 3 rings (SSSR count). The van der Waals surface area contributed by atoms with Crippen molar-refractivity contribution in [1.82, 2.24) is 9.97 Å². The highest BCUT2D eigenvalue weighted by Crippen LogP contribution is 2.52. The molecular weight excluding hydrogens is 242 g/mol. The van der Waals surface area contributed by atoms with E-state index in [-0.39, 0.29) is 5.92 Å². The Kier molecular flexibility index (Phi) is 2.92. The normalized spacial score (nSPS) is 28.3. The van der Waals surface area contributed by atoms with Crippen molar-refractivity contribution in [2.75, 3.05) is 18.0 Å². The molecule has 1 aliphatic heterocycles. The first-order valence-electron chi connectivity index (χ1n) is 6.92. The molecule has 0 amide bonds. The summed E-state index contributed by atoms with van der Waals surface area (Å²) >= 11 is 0. The molecular formula is C14H19N3O2. The van der Waals surface area contributed by atoms with Crippen LogP contribution in [0.1, 0.15) is 24.7 Å². The monoisotopic (exact) mass is 261 g/mol. The summed E-state index contributed by atoms with van der Waals surface area (Å²) in [4.78, 5) is 22.1. The first-order valence-corrected chi connectivity index (χ1v) is 6.92. The Hall–Kier alpha value is -1.65. The molecule has 2 heterocycles. The number of fused-ring (bicyclic) bond motifs is 1. The molecule has 2 aliphatic rings. The minimum absolute atomic E-state index is 0.117. The molecule has 1 aromatic rings. The fourth-order valence-corrected chi connectivity index (χ4v) is 3.27. The lowest BCUT2D eigenvalue weighted by molar-refractivity contribution is -0.139. The van der Waals surface area contributed by atoms with E-state index in [1.807, 2.05) is 13.1 Å². The van der Waals surface area contributed by atoms with Crippen molar-refractivity contribution in [3.8, 4) is 0 Å². The number of aryl methyl sites for hydroxylation is 2. The van der Waals surface area contributed by atoms with Crippen molar-refractivity contribution in [2.24, 2.45) is 17.8 Å². The first-order chi connectivity index (χ1) is 9.11. The van der Waals surface area contributed by atoms with Crippen LogP contribution < -0.4 is 4.90 Å². The van der Waals surface area contributed by atoms with Gasteiger partial charge in [-0.05, 0) is 25.2 Å². The number of rotatable bonds is 4. The lowest BCUT2D eigenvalue weighted by Crippen LogP contribution is -2.28. The summed E-state index contributed by atoms with van der Waals surface area (Å²) in [7, 11) is 0. The smallest absolute Gasteiger partial charge is 0.307 e. The number of hydrogen-bond donors (Lipinski definition) is 1. The maximum atomic E-state index is 11.0. The molecule has 102 valence electrons. The minimum Gasteiger partial charge on any atom is -0.481 e. The number of piperidine rings is 1. The van der Waals surface area contributed by atoms with Gasteiger partial charge in [-0.2, -0.15) is 0 Å². The summed E-state index contributed by atoms with van der Waals surface area (Å²) in [6.45, 7) is 5.70. The van der Waals surface area contributed by atoms with Crippen molar-refractivity contribution in [3.63, 3.8) is 0 Å². The zero-order valence-electron chi connectivity index (χ0n) is 11.3. The van der Waals surface area contributed by atoms with E-state index in [0.29, 0.717) is 11.8 Å². The molecule has 1 saturated heterocycles. The zero-order chi connectivity index (χ0) is 13.6. The van der Waals surface area contributed by atoms with Crippen LogP contribution in [0.15, 0.2) is 6.20 Å². The molecule has 0 bridgehead atoms. The van der Waals surface area contributed by atoms with Gasteiger partial charge in [0, 0.05) is 24.8 Å². The molecule has 5 nitrogen and oxygen atoms in total. The van der Waals surface area contributed by atoms with Crippen LogP contribution >= 0.6 is 0 Å². The first kappa shape index (κ1) is 12.4. The topological polar surface area (TPSA) is 66.3 Å². The lowest BCUT2D eigenvalue weighted by Gasteiger charge is -2.23. The van der Waals surface area contributed by atoms with Gasteiger partial charge in [0.05, 0.1) is 5.92 Å². The molecule has 0 radical (unpaired) electrons. The van der Waals surface area contributed by atoms with E-state index in [9.17, 15) is 4.79 Å². The Morgan fingerprint density at radius 1 is 1.47 bits per heavy atom. The number of carbonyl (C=O) groups is 1. The molecule has 19 heavy (non-hydrogen) atoms. The van der Waals surface area contributed by atoms with Gasteiger partial charge in [0.2, 0.25) is 0 Å². The third-order valence-electron chi connectivity index (χ3n) is 4.26. The number of nitrogens with zero attached hydrogens (tertiary/aromatic N) is 3. The average molecular weight is 261 g/mol. The second-order valence-corrected chi connectivity index (χ2v) is 5.61. The van der Waals surface area contributed by atoms with Gasteiger partial charge in [-0.3, -0.25) is 4.79 Å². The van der Waals surface area contributed by atoms with Gasteiger partial charge in [-0.15, -0.1) is 0 Å². The van der Waals surface area contributed by atoms with E-state index in [0.717, 1.165) is 37.6 Å². The highest BCUT2D eigenvalue weighted by atomic mass is 16.4. The number of carboxylic acids is 1. The van der Waals surface area contributed by atoms with Gasteiger partial charge in [-0.1, -0.05) is 13.3 Å². The Bertz CT molecular complexity index is 505. The van der Waals surface area contributed by atoms with E-state index >= 15 is 0 Å². The minimum atomic E-state index is -0.637. The molecule has 5 heteroatoms. The van der Waals surface area contributed by atoms with Gasteiger partial charge in [0.25, 0.3) is 0 Å². The van der Waals surface area contributed by atoms with Crippen molar-refractivity contribution in [2.45, 2.75) is 26.7 Å². The molecule has 1 unspecified atom stereocenters. The second kappa shape index (κ2) is 4.47. The maximum absolute atomic E-state index is 11.0. The SMILES string of the molecule is CCCc1cnc(C)nc1N1C[C@@H]2C(C(=O)O)[C@@H]2C1. The summed E-state index contributed by atoms with van der Waals surface area (Å²) in [5.41, 5.74) is 1.18. The van der Waals surface area contributed by atoms with Gasteiger partial charge in [0.15, 0.2) is 0 Å². The molecule has 2 fully saturated rings. The van der Waals surface area contributed by atoms with Crippen LogP contribution in [0.4, 0.5) is 5.82 Å². The molecule has 3 atom stereocenters. The zero-order valence-corrected chi connectivity index (χ0v) is 11.3. The quantitative estimate of drug-likeness (QED) is 0.889. The number of aliphatic carboxylic acids is 1. The standard InChI is InChI=1S/C14H19N3O2/c1-3-4-9-5-15-8(2)16-13(9)17-6-10-11(7-17)12(10)14(18)19/h5,10-12H,3-4,6-7H2,1-2H3,(H,18,19)/t10-,11+,12?. The third kappa shape index (κ3) is 2.07. The largest absolute Gasteiger partial charge is 0.481 e. The van der Waals surface area contributed by atoms with Crippen LogP contribution in [0.25, 0.3) is 0 Å². The van der Waals surface area contributed by atoms with Gasteiger partial charge in [0.1, 0.15) is 11.6 Å². The summed E-state index contributed by atoms with van der Waals surface area (Å²) < 4.78 is 0. The summed E-state index contributed by atoms with van der Waals surface area (Å²) in [5.74, 6) is 1.69. The van der Waals surface area contributed by atoms with E-state index in [2.05, 4.69) is 21.8 Å². The van der Waals surface area contributed by atoms with Crippen LogP contribution in [-0.2, 0) is 11.2 Å². The van der Waals surface area contributed by atoms with Crippen LogP contribution in [0, 0.1) is 24.7 Å². The average Bonchev–Trinajstić information content (AvgIpc) is 2.88. The third-order valence-corrected chi connectivity index (χ3v) is 4.26. The number of hydrogen-bond acceptors (Lipinski definition) is 4. The summed E-state index contributed by atoms with van der Waals surface area (Å²) in [5, 5.41) is 9.05. The fourth-order valence-electron chi connectivity index (χ4n) is 3.27. The fraction of sp³-hybridized carbons (Fsp3) is 0.643. The van der Waals surface area contributed by atoms with Crippen LogP contribution in [0.2, 0.25) is 0 Å². The van der Waals surface area contributed by atoms with Gasteiger partial charge in [-0.25, -0.2) is 9.97 Å². The van der Waals surface area contributed by atoms with E-state index < -0.39 is 5.97 Å². The van der Waals surface area contributed by atoms with Crippen LogP contribution in [0.5, 0.6) is 0 Å². The predicted molar refractivity (Wildman–Crippen MR) is 71.1 cm³/mol. The van der Waals surface area contributed by atoms with E-state index in [4.69, 9.17) is 5.11 Å². The highest BCUT2D eigenvalue weighted by Gasteiger charge is 2.60. The highest BCUT2D eigenvalue weighted by molar-refractivity contribution is 5.75. The number of carboxylic acid groups (broad SMARTS) is 1. The molecule has 1 N–H and O–H groups in total. The second-order valence-electron chi connectivity index (χ2n) is 5.61. The molecule has 1 aromatic heterocycles. The Morgan fingerprint density at radius 2 is 2.16 bits per heavy atom. The van der Waals surface area contributed by atoms with Gasteiger partial charge >= 0.3 is 5.97 Å². The molecule has 1 aliphatic carbocycles. The predicted octanol–water partition coefficient (Wildman–Crippen LogP) is 1.50. The van der Waals surface area contributed by atoms with Crippen LogP contribution in [-0.4, -0.2) is 34.1 Å². The van der Waals surface area contributed by atoms with Crippen LogP contribution in [0.3, 0.4) is 0 Å². The molecule has 1 saturated carbocycles. The summed E-state index contributed by atoms with van der Waals surface area (Å²) in [6, 6.07) is 0. The Morgan fingerprint density at radius 3 is 2.74 bits per heavy atom. The van der Waals surface area contributed by atoms with Gasteiger partial charge < -0.3 is 10.0 Å². The van der Waals surface area contributed by atoms with E-state index in [1.54, 1.807) is 0 Å². The number of aromatic nitrogens is 2. The summed E-state index contributed by atoms with van der Waals surface area (Å²) in [6.07, 6.45) is 3.96. The van der Waals surface area contributed by atoms with Crippen molar-refractivity contribution in [1.29, 1.82) is 0 Å². The molecule has 0 aromatic carbocycles. The van der Waals surface area contributed by atoms with Crippen molar-refractivity contribution < 1.29 is 9.90 Å². The van der Waals surface area contributed by atoms with Crippen molar-refractivity contribution >= 4 is 11.8 Å². The Labute approximate surface area is 112 Å².